The predicted octanol–water partition coefficient (Wildman–Crippen LogP) is 1.35. The molecule has 1 rings (SSSR count). The molecule has 0 fully saturated rings. The molecular formula is C10H15O2-. The lowest BCUT2D eigenvalue weighted by Gasteiger charge is -2.29. The van der Waals surface area contributed by atoms with Gasteiger partial charge in [-0.2, -0.15) is 6.42 Å². The Morgan fingerprint density at radius 2 is 2.17 bits per heavy atom. The standard InChI is InChI=1S/C10H15O2/c1-4-8-5-9(11)6(2)7(3)10(8)12/h5-7,9,11H,1,4H2,2-3H3/q-1. The summed E-state index contributed by atoms with van der Waals surface area (Å²) in [6.07, 6.45) is 1.64. The van der Waals surface area contributed by atoms with Gasteiger partial charge in [-0.3, -0.25) is 4.79 Å². The number of aliphatic hydroxyl groups excluding tert-OH is 1. The van der Waals surface area contributed by atoms with E-state index in [1.165, 1.54) is 0 Å². The Labute approximate surface area is 73.3 Å². The van der Waals surface area contributed by atoms with Gasteiger partial charge in [-0.1, -0.05) is 19.9 Å². The molecule has 3 unspecified atom stereocenters. The third kappa shape index (κ3) is 1.44. The van der Waals surface area contributed by atoms with Crippen LogP contribution < -0.4 is 0 Å². The smallest absolute Gasteiger partial charge is 0.159 e. The maximum atomic E-state index is 11.5. The molecule has 2 heteroatoms. The van der Waals surface area contributed by atoms with E-state index in [0.29, 0.717) is 12.0 Å². The van der Waals surface area contributed by atoms with Gasteiger partial charge in [-0.15, -0.1) is 0 Å². The van der Waals surface area contributed by atoms with Gasteiger partial charge in [0, 0.05) is 5.92 Å². The van der Waals surface area contributed by atoms with Gasteiger partial charge in [0.1, 0.15) is 0 Å². The summed E-state index contributed by atoms with van der Waals surface area (Å²) < 4.78 is 0. The zero-order chi connectivity index (χ0) is 9.30. The highest BCUT2D eigenvalue weighted by Gasteiger charge is 2.30. The molecule has 0 radical (unpaired) electrons. The van der Waals surface area contributed by atoms with Gasteiger partial charge in [0.2, 0.25) is 0 Å². The van der Waals surface area contributed by atoms with E-state index in [2.05, 4.69) is 6.92 Å². The van der Waals surface area contributed by atoms with Crippen molar-refractivity contribution in [1.82, 2.24) is 0 Å². The molecule has 0 heterocycles. The number of carbonyl (C=O) groups is 1. The maximum absolute atomic E-state index is 11.5. The third-order valence-electron chi connectivity index (χ3n) is 2.70. The van der Waals surface area contributed by atoms with E-state index in [0.717, 1.165) is 0 Å². The molecule has 0 aromatic rings. The minimum atomic E-state index is -0.477. The zero-order valence-electron chi connectivity index (χ0n) is 7.58. The first-order chi connectivity index (χ1) is 5.57. The Balaban J connectivity index is 2.92. The van der Waals surface area contributed by atoms with Crippen LogP contribution in [0.4, 0.5) is 0 Å². The van der Waals surface area contributed by atoms with Crippen LogP contribution in [-0.4, -0.2) is 17.0 Å². The van der Waals surface area contributed by atoms with Crippen LogP contribution in [0, 0.1) is 18.8 Å². The number of carbonyl (C=O) groups excluding carboxylic acids is 1. The average Bonchev–Trinajstić information content (AvgIpc) is 2.08. The van der Waals surface area contributed by atoms with E-state index in [1.807, 2.05) is 13.8 Å². The normalized spacial score (nSPS) is 36.5. The molecule has 12 heavy (non-hydrogen) atoms. The third-order valence-corrected chi connectivity index (χ3v) is 2.70. The second-order valence-corrected chi connectivity index (χ2v) is 3.44. The Morgan fingerprint density at radius 1 is 1.58 bits per heavy atom. The van der Waals surface area contributed by atoms with Crippen molar-refractivity contribution in [3.63, 3.8) is 0 Å². The van der Waals surface area contributed by atoms with Crippen LogP contribution in [0.2, 0.25) is 0 Å². The molecule has 1 aliphatic carbocycles. The molecule has 3 atom stereocenters. The first-order valence-electron chi connectivity index (χ1n) is 4.30. The van der Waals surface area contributed by atoms with Gasteiger partial charge >= 0.3 is 0 Å². The van der Waals surface area contributed by atoms with Gasteiger partial charge in [0.05, 0.1) is 6.10 Å². The van der Waals surface area contributed by atoms with Gasteiger partial charge in [-0.05, 0) is 11.5 Å². The summed E-state index contributed by atoms with van der Waals surface area (Å²) >= 11 is 0. The lowest BCUT2D eigenvalue weighted by atomic mass is 9.78. The Hall–Kier alpha value is -0.630. The second-order valence-electron chi connectivity index (χ2n) is 3.44. The van der Waals surface area contributed by atoms with E-state index < -0.39 is 6.10 Å². The fourth-order valence-corrected chi connectivity index (χ4v) is 1.47. The van der Waals surface area contributed by atoms with Crippen LogP contribution >= 0.6 is 0 Å². The minimum absolute atomic E-state index is 0.0350. The maximum Gasteiger partial charge on any atom is 0.159 e. The van der Waals surface area contributed by atoms with Gasteiger partial charge in [0.15, 0.2) is 5.78 Å². The fraction of sp³-hybridized carbons (Fsp3) is 0.600. The first-order valence-corrected chi connectivity index (χ1v) is 4.30. The van der Waals surface area contributed by atoms with Crippen LogP contribution in [0.3, 0.4) is 0 Å². The van der Waals surface area contributed by atoms with E-state index in [9.17, 15) is 9.90 Å². The summed E-state index contributed by atoms with van der Waals surface area (Å²) in [5, 5.41) is 9.51. The molecule has 68 valence electrons. The molecule has 0 aliphatic heterocycles. The van der Waals surface area contributed by atoms with Crippen molar-refractivity contribution in [1.29, 1.82) is 0 Å². The summed E-state index contributed by atoms with van der Waals surface area (Å²) in [4.78, 5) is 11.5. The van der Waals surface area contributed by atoms with E-state index in [4.69, 9.17) is 0 Å². The summed E-state index contributed by atoms with van der Waals surface area (Å²) in [7, 11) is 0. The van der Waals surface area contributed by atoms with E-state index >= 15 is 0 Å². The molecule has 0 amide bonds. The van der Waals surface area contributed by atoms with Crippen molar-refractivity contribution in [2.24, 2.45) is 11.8 Å². The van der Waals surface area contributed by atoms with Gasteiger partial charge in [0.25, 0.3) is 0 Å². The highest BCUT2D eigenvalue weighted by Crippen LogP contribution is 2.27. The van der Waals surface area contributed by atoms with Crippen LogP contribution in [0.5, 0.6) is 0 Å². The summed E-state index contributed by atoms with van der Waals surface area (Å²) in [6.45, 7) is 7.41. The highest BCUT2D eigenvalue weighted by molar-refractivity contribution is 5.98. The SMILES string of the molecule is [CH2-]CC1=CC(O)C(C)C(C)C1=O. The van der Waals surface area contributed by atoms with Crippen molar-refractivity contribution in [3.05, 3.63) is 18.6 Å². The largest absolute Gasteiger partial charge is 0.389 e. The molecule has 0 saturated heterocycles. The van der Waals surface area contributed by atoms with Crippen molar-refractivity contribution in [2.75, 3.05) is 0 Å². The molecule has 1 N–H and O–H groups in total. The Bertz CT molecular complexity index is 218. The lowest BCUT2D eigenvalue weighted by Crippen LogP contribution is -2.33. The monoisotopic (exact) mass is 167 g/mol. The number of rotatable bonds is 1. The number of ketones is 1. The summed E-state index contributed by atoms with van der Waals surface area (Å²) in [5.41, 5.74) is 0.674. The fourth-order valence-electron chi connectivity index (χ4n) is 1.47. The van der Waals surface area contributed by atoms with Gasteiger partial charge in [-0.25, -0.2) is 0 Å². The quantitative estimate of drug-likeness (QED) is 0.598. The average molecular weight is 167 g/mol. The summed E-state index contributed by atoms with van der Waals surface area (Å²) in [5.74, 6) is 0.109. The molecule has 0 aromatic carbocycles. The predicted molar refractivity (Wildman–Crippen MR) is 47.4 cm³/mol. The Kier molecular flexibility index (Phi) is 2.68. The summed E-state index contributed by atoms with van der Waals surface area (Å²) in [6, 6.07) is 0. The molecule has 0 saturated carbocycles. The minimum Gasteiger partial charge on any atom is -0.389 e. The van der Waals surface area contributed by atoms with Gasteiger partial charge < -0.3 is 12.0 Å². The number of aliphatic hydroxyl groups is 1. The molecule has 0 aromatic heterocycles. The number of hydrogen-bond donors (Lipinski definition) is 1. The molecule has 0 bridgehead atoms. The molecule has 0 spiro atoms. The van der Waals surface area contributed by atoms with Crippen LogP contribution in [-0.2, 0) is 4.79 Å². The number of allylic oxidation sites excluding steroid dienone is 1. The van der Waals surface area contributed by atoms with E-state index in [-0.39, 0.29) is 17.6 Å². The topological polar surface area (TPSA) is 37.3 Å². The number of Topliss-reactive ketones (excluding diaryl/α,β-unsaturated/α-hetero) is 1. The van der Waals surface area contributed by atoms with Crippen LogP contribution in [0.15, 0.2) is 11.6 Å². The molecule has 1 aliphatic rings. The van der Waals surface area contributed by atoms with Crippen LogP contribution in [0.1, 0.15) is 20.3 Å². The second kappa shape index (κ2) is 3.40. The van der Waals surface area contributed by atoms with Crippen molar-refractivity contribution >= 4 is 5.78 Å². The lowest BCUT2D eigenvalue weighted by molar-refractivity contribution is -0.122. The molecule has 2 nitrogen and oxygen atoms in total. The Morgan fingerprint density at radius 3 is 2.67 bits per heavy atom. The highest BCUT2D eigenvalue weighted by atomic mass is 16.3. The van der Waals surface area contributed by atoms with Crippen molar-refractivity contribution < 1.29 is 9.90 Å². The van der Waals surface area contributed by atoms with E-state index in [1.54, 1.807) is 6.08 Å². The van der Waals surface area contributed by atoms with Crippen molar-refractivity contribution in [3.8, 4) is 0 Å². The van der Waals surface area contributed by atoms with Crippen LogP contribution in [0.25, 0.3) is 0 Å². The zero-order valence-corrected chi connectivity index (χ0v) is 7.58. The van der Waals surface area contributed by atoms with Crippen molar-refractivity contribution in [2.45, 2.75) is 26.4 Å². The molecular weight excluding hydrogens is 152 g/mol. The first kappa shape index (κ1) is 9.46. The number of hydrogen-bond acceptors (Lipinski definition) is 2.